The van der Waals surface area contributed by atoms with Gasteiger partial charge in [-0.25, -0.2) is 0 Å². The van der Waals surface area contributed by atoms with Crippen LogP contribution in [0.3, 0.4) is 0 Å². The number of rotatable bonds is 5. The number of thioether (sulfide) groups is 1. The topological polar surface area (TPSA) is 59.9 Å². The summed E-state index contributed by atoms with van der Waals surface area (Å²) in [6, 6.07) is 0. The quantitative estimate of drug-likeness (QED) is 0.612. The van der Waals surface area contributed by atoms with Gasteiger partial charge in [-0.2, -0.15) is 15.0 Å². The number of hydrogen-bond acceptors (Lipinski definition) is 6. The van der Waals surface area contributed by atoms with Gasteiger partial charge in [-0.1, -0.05) is 11.8 Å². The number of methoxy groups -OCH3 is 1. The van der Waals surface area contributed by atoms with Crippen molar-refractivity contribution in [3.8, 4) is 0 Å². The van der Waals surface area contributed by atoms with Gasteiger partial charge in [-0.15, -0.1) is 0 Å². The third kappa shape index (κ3) is 3.65. The maximum absolute atomic E-state index is 5.69. The van der Waals surface area contributed by atoms with Crippen LogP contribution >= 0.6 is 23.4 Å². The number of aromatic nitrogens is 3. The summed E-state index contributed by atoms with van der Waals surface area (Å²) in [5, 5.41) is 3.61. The van der Waals surface area contributed by atoms with Crippen molar-refractivity contribution in [3.05, 3.63) is 5.28 Å². The summed E-state index contributed by atoms with van der Waals surface area (Å²) >= 11 is 7.17. The first-order valence-corrected chi connectivity index (χ1v) is 5.33. The Morgan fingerprint density at radius 1 is 1.43 bits per heavy atom. The number of hydrogen-bond donors (Lipinski definition) is 1. The van der Waals surface area contributed by atoms with E-state index in [0.29, 0.717) is 17.7 Å². The molecule has 0 aliphatic rings. The molecule has 0 unspecified atom stereocenters. The Labute approximate surface area is 91.6 Å². The van der Waals surface area contributed by atoms with Crippen molar-refractivity contribution in [1.82, 2.24) is 15.0 Å². The van der Waals surface area contributed by atoms with Crippen LogP contribution in [-0.2, 0) is 4.74 Å². The maximum atomic E-state index is 5.69. The minimum Gasteiger partial charge on any atom is -0.384 e. The first-order valence-electron chi connectivity index (χ1n) is 3.97. The molecule has 5 nitrogen and oxygen atoms in total. The van der Waals surface area contributed by atoms with E-state index in [2.05, 4.69) is 20.3 Å². The molecule has 0 atom stereocenters. The number of halogens is 1. The highest BCUT2D eigenvalue weighted by Crippen LogP contribution is 2.15. The van der Waals surface area contributed by atoms with Crippen LogP contribution in [0.1, 0.15) is 0 Å². The van der Waals surface area contributed by atoms with E-state index >= 15 is 0 Å². The number of nitrogens with one attached hydrogen (secondary N) is 1. The first kappa shape index (κ1) is 11.5. The monoisotopic (exact) mass is 234 g/mol. The van der Waals surface area contributed by atoms with Gasteiger partial charge in [0, 0.05) is 19.9 Å². The lowest BCUT2D eigenvalue weighted by atomic mass is 10.9. The molecule has 0 amide bonds. The Morgan fingerprint density at radius 2 is 2.21 bits per heavy atom. The van der Waals surface area contributed by atoms with Crippen LogP contribution in [0, 0.1) is 0 Å². The van der Waals surface area contributed by atoms with E-state index in [1.807, 2.05) is 0 Å². The summed E-state index contributed by atoms with van der Waals surface area (Å²) in [6.45, 7) is 0.656. The zero-order valence-electron chi connectivity index (χ0n) is 7.95. The van der Waals surface area contributed by atoms with E-state index in [1.165, 1.54) is 11.8 Å². The summed E-state index contributed by atoms with van der Waals surface area (Å²) in [5.41, 5.74) is 0. The van der Waals surface area contributed by atoms with Gasteiger partial charge >= 0.3 is 0 Å². The van der Waals surface area contributed by atoms with E-state index in [4.69, 9.17) is 16.3 Å². The molecule has 0 aromatic carbocycles. The second-order valence-electron chi connectivity index (χ2n) is 2.30. The van der Waals surface area contributed by atoms with Gasteiger partial charge in [0.05, 0.1) is 6.61 Å². The lowest BCUT2D eigenvalue weighted by molar-refractivity contribution is 0.218. The van der Waals surface area contributed by atoms with E-state index in [0.717, 1.165) is 5.75 Å². The molecule has 1 rings (SSSR count). The van der Waals surface area contributed by atoms with Crippen molar-refractivity contribution in [1.29, 1.82) is 0 Å². The van der Waals surface area contributed by atoms with Crippen molar-refractivity contribution in [3.63, 3.8) is 0 Å². The fourth-order valence-corrected chi connectivity index (χ4v) is 1.67. The normalized spacial score (nSPS) is 10.2. The van der Waals surface area contributed by atoms with Crippen LogP contribution in [0.5, 0.6) is 0 Å². The molecule has 1 aromatic rings. The third-order valence-corrected chi connectivity index (χ3v) is 2.31. The summed E-state index contributed by atoms with van der Waals surface area (Å²) in [4.78, 5) is 11.9. The Kier molecular flexibility index (Phi) is 4.92. The van der Waals surface area contributed by atoms with Gasteiger partial charge in [0.15, 0.2) is 5.16 Å². The van der Waals surface area contributed by atoms with E-state index in [9.17, 15) is 0 Å². The molecule has 7 heteroatoms. The van der Waals surface area contributed by atoms with Crippen LogP contribution in [0.4, 0.5) is 5.95 Å². The lowest BCUT2D eigenvalue weighted by Gasteiger charge is -2.02. The molecule has 14 heavy (non-hydrogen) atoms. The number of anilines is 1. The van der Waals surface area contributed by atoms with Gasteiger partial charge in [-0.05, 0) is 11.6 Å². The standard InChI is InChI=1S/C7H11ClN4OS/c1-9-6-10-5(8)11-7(12-6)14-4-3-13-2/h3-4H2,1-2H3,(H,9,10,11,12). The second-order valence-corrected chi connectivity index (χ2v) is 3.70. The Morgan fingerprint density at radius 3 is 2.86 bits per heavy atom. The van der Waals surface area contributed by atoms with E-state index in [1.54, 1.807) is 14.2 Å². The third-order valence-electron chi connectivity index (χ3n) is 1.33. The molecule has 1 heterocycles. The minimum absolute atomic E-state index is 0.198. The fourth-order valence-electron chi connectivity index (χ4n) is 0.725. The highest BCUT2D eigenvalue weighted by Gasteiger charge is 2.03. The van der Waals surface area contributed by atoms with Crippen molar-refractivity contribution >= 4 is 29.3 Å². The lowest BCUT2D eigenvalue weighted by Crippen LogP contribution is -2.01. The van der Waals surface area contributed by atoms with Crippen molar-refractivity contribution in [2.75, 3.05) is 31.8 Å². The largest absolute Gasteiger partial charge is 0.384 e. The van der Waals surface area contributed by atoms with E-state index < -0.39 is 0 Å². The molecule has 1 aromatic heterocycles. The Bertz CT molecular complexity index is 299. The molecular formula is C7H11ClN4OS. The van der Waals surface area contributed by atoms with Gasteiger partial charge in [0.25, 0.3) is 0 Å². The minimum atomic E-state index is 0.198. The average molecular weight is 235 g/mol. The highest BCUT2D eigenvalue weighted by atomic mass is 35.5. The molecule has 0 spiro atoms. The molecule has 0 bridgehead atoms. The van der Waals surface area contributed by atoms with E-state index in [-0.39, 0.29) is 5.28 Å². The highest BCUT2D eigenvalue weighted by molar-refractivity contribution is 7.99. The summed E-state index contributed by atoms with van der Waals surface area (Å²) < 4.78 is 4.91. The van der Waals surface area contributed by atoms with Crippen LogP contribution in [0.2, 0.25) is 5.28 Å². The van der Waals surface area contributed by atoms with Crippen molar-refractivity contribution in [2.45, 2.75) is 5.16 Å². The van der Waals surface area contributed by atoms with Crippen LogP contribution in [0.15, 0.2) is 5.16 Å². The Hall–Kier alpha value is -0.590. The van der Waals surface area contributed by atoms with Crippen molar-refractivity contribution in [2.24, 2.45) is 0 Å². The van der Waals surface area contributed by atoms with Gasteiger partial charge in [0.1, 0.15) is 0 Å². The first-order chi connectivity index (χ1) is 6.76. The van der Waals surface area contributed by atoms with Gasteiger partial charge in [-0.3, -0.25) is 0 Å². The average Bonchev–Trinajstić information content (AvgIpc) is 2.17. The SMILES string of the molecule is CNc1nc(Cl)nc(SCCOC)n1. The fraction of sp³-hybridized carbons (Fsp3) is 0.571. The molecule has 0 radical (unpaired) electrons. The van der Waals surface area contributed by atoms with Crippen LogP contribution in [-0.4, -0.2) is 41.5 Å². The van der Waals surface area contributed by atoms with Gasteiger partial charge in [0.2, 0.25) is 11.2 Å². The predicted molar refractivity (Wildman–Crippen MR) is 57.0 cm³/mol. The molecule has 0 fully saturated rings. The van der Waals surface area contributed by atoms with Gasteiger partial charge < -0.3 is 10.1 Å². The number of nitrogens with zero attached hydrogens (tertiary/aromatic N) is 3. The zero-order valence-corrected chi connectivity index (χ0v) is 9.52. The molecule has 1 N–H and O–H groups in total. The molecule has 0 saturated carbocycles. The molecule has 0 aliphatic carbocycles. The summed E-state index contributed by atoms with van der Waals surface area (Å²) in [5.74, 6) is 1.27. The summed E-state index contributed by atoms with van der Waals surface area (Å²) in [7, 11) is 3.38. The zero-order chi connectivity index (χ0) is 10.4. The smallest absolute Gasteiger partial charge is 0.228 e. The Balaban J connectivity index is 2.62. The second kappa shape index (κ2) is 6.00. The predicted octanol–water partition coefficient (Wildman–Crippen LogP) is 1.31. The van der Waals surface area contributed by atoms with Crippen LogP contribution < -0.4 is 5.32 Å². The van der Waals surface area contributed by atoms with Crippen molar-refractivity contribution < 1.29 is 4.74 Å². The molecule has 78 valence electrons. The number of ether oxygens (including phenoxy) is 1. The maximum Gasteiger partial charge on any atom is 0.228 e. The molecule has 0 aliphatic heterocycles. The van der Waals surface area contributed by atoms with Crippen LogP contribution in [0.25, 0.3) is 0 Å². The summed E-state index contributed by atoms with van der Waals surface area (Å²) in [6.07, 6.45) is 0. The molecular weight excluding hydrogens is 224 g/mol. The molecule has 0 saturated heterocycles.